The molecular weight excluding hydrogens is 185 g/mol. The summed E-state index contributed by atoms with van der Waals surface area (Å²) in [6, 6.07) is 2.52. The molecule has 0 fully saturated rings. The van der Waals surface area contributed by atoms with Gasteiger partial charge in [0.2, 0.25) is 0 Å². The van der Waals surface area contributed by atoms with Crippen LogP contribution in [0.3, 0.4) is 0 Å². The Hall–Kier alpha value is -1.29. The molecule has 4 heteroatoms. The Morgan fingerprint density at radius 2 is 2.21 bits per heavy atom. The molecule has 0 radical (unpaired) electrons. The van der Waals surface area contributed by atoms with Crippen LogP contribution in [0.1, 0.15) is 18.4 Å². The number of hydrogen-bond acceptors (Lipinski definition) is 3. The number of hydrogen-bond donors (Lipinski definition) is 2. The zero-order chi connectivity index (χ0) is 10.7. The second kappa shape index (κ2) is 4.28. The predicted molar refractivity (Wildman–Crippen MR) is 52.1 cm³/mol. The molecule has 0 spiro atoms. The van der Waals surface area contributed by atoms with Crippen molar-refractivity contribution in [1.82, 2.24) is 0 Å². The number of phenols is 1. The van der Waals surface area contributed by atoms with Crippen molar-refractivity contribution in [2.24, 2.45) is 5.73 Å². The lowest BCUT2D eigenvalue weighted by molar-refractivity contribution is 0.378. The maximum Gasteiger partial charge on any atom is 0.165 e. The van der Waals surface area contributed by atoms with Crippen molar-refractivity contribution in [3.05, 3.63) is 23.5 Å². The topological polar surface area (TPSA) is 55.5 Å². The first-order valence-corrected chi connectivity index (χ1v) is 4.36. The summed E-state index contributed by atoms with van der Waals surface area (Å²) in [4.78, 5) is 0. The number of aromatic hydroxyl groups is 1. The highest BCUT2D eigenvalue weighted by Crippen LogP contribution is 2.31. The van der Waals surface area contributed by atoms with E-state index in [1.807, 2.05) is 6.92 Å². The van der Waals surface area contributed by atoms with Gasteiger partial charge in [-0.05, 0) is 18.5 Å². The third-order valence-electron chi connectivity index (χ3n) is 2.19. The van der Waals surface area contributed by atoms with Crippen molar-refractivity contribution in [3.63, 3.8) is 0 Å². The lowest BCUT2D eigenvalue weighted by Crippen LogP contribution is -2.09. The van der Waals surface area contributed by atoms with E-state index in [2.05, 4.69) is 0 Å². The molecule has 0 aliphatic rings. The average molecular weight is 199 g/mol. The summed E-state index contributed by atoms with van der Waals surface area (Å²) in [6.07, 6.45) is 0. The lowest BCUT2D eigenvalue weighted by Gasteiger charge is -2.12. The largest absolute Gasteiger partial charge is 0.508 e. The van der Waals surface area contributed by atoms with Gasteiger partial charge in [0.15, 0.2) is 11.6 Å². The third-order valence-corrected chi connectivity index (χ3v) is 2.19. The van der Waals surface area contributed by atoms with Crippen molar-refractivity contribution >= 4 is 0 Å². The zero-order valence-electron chi connectivity index (χ0n) is 8.25. The number of ether oxygens (including phenoxy) is 1. The Labute approximate surface area is 82.3 Å². The van der Waals surface area contributed by atoms with Crippen molar-refractivity contribution in [2.75, 3.05) is 13.7 Å². The zero-order valence-corrected chi connectivity index (χ0v) is 8.25. The monoisotopic (exact) mass is 199 g/mol. The van der Waals surface area contributed by atoms with Crippen molar-refractivity contribution in [2.45, 2.75) is 12.8 Å². The molecule has 3 nitrogen and oxygen atoms in total. The summed E-state index contributed by atoms with van der Waals surface area (Å²) in [5, 5.41) is 9.55. The Kier molecular flexibility index (Phi) is 3.30. The number of nitrogens with two attached hydrogens (primary N) is 1. The first-order valence-electron chi connectivity index (χ1n) is 4.36. The summed E-state index contributed by atoms with van der Waals surface area (Å²) >= 11 is 0. The first kappa shape index (κ1) is 10.8. The fourth-order valence-corrected chi connectivity index (χ4v) is 1.24. The smallest absolute Gasteiger partial charge is 0.165 e. The van der Waals surface area contributed by atoms with E-state index in [0.29, 0.717) is 12.1 Å². The SMILES string of the molecule is COc1cc(O)c(C(C)CN)cc1F. The summed E-state index contributed by atoms with van der Waals surface area (Å²) in [6.45, 7) is 2.18. The fourth-order valence-electron chi connectivity index (χ4n) is 1.24. The number of halogens is 1. The minimum atomic E-state index is -0.486. The maximum atomic E-state index is 13.3. The summed E-state index contributed by atoms with van der Waals surface area (Å²) in [7, 11) is 1.35. The van der Waals surface area contributed by atoms with E-state index in [1.54, 1.807) is 0 Å². The minimum absolute atomic E-state index is 0.0150. The Balaban J connectivity index is 3.14. The van der Waals surface area contributed by atoms with Crippen LogP contribution in [0.2, 0.25) is 0 Å². The number of phenolic OH excluding ortho intramolecular Hbond substituents is 1. The van der Waals surface area contributed by atoms with E-state index in [9.17, 15) is 9.50 Å². The summed E-state index contributed by atoms with van der Waals surface area (Å²) < 4.78 is 18.0. The second-order valence-electron chi connectivity index (χ2n) is 3.18. The average Bonchev–Trinajstić information content (AvgIpc) is 2.19. The van der Waals surface area contributed by atoms with E-state index in [4.69, 9.17) is 10.5 Å². The highest BCUT2D eigenvalue weighted by molar-refractivity contribution is 5.42. The molecule has 14 heavy (non-hydrogen) atoms. The molecule has 1 aromatic carbocycles. The van der Waals surface area contributed by atoms with Gasteiger partial charge in [0.05, 0.1) is 7.11 Å². The van der Waals surface area contributed by atoms with Crippen LogP contribution in [0, 0.1) is 5.82 Å². The van der Waals surface area contributed by atoms with Gasteiger partial charge in [-0.1, -0.05) is 6.92 Å². The van der Waals surface area contributed by atoms with Crippen LogP contribution in [0.4, 0.5) is 4.39 Å². The van der Waals surface area contributed by atoms with Gasteiger partial charge in [0, 0.05) is 11.6 Å². The molecule has 1 aromatic rings. The van der Waals surface area contributed by atoms with Crippen LogP contribution in [-0.2, 0) is 0 Å². The molecule has 0 bridgehead atoms. The van der Waals surface area contributed by atoms with Crippen molar-refractivity contribution in [3.8, 4) is 11.5 Å². The van der Waals surface area contributed by atoms with Crippen LogP contribution in [-0.4, -0.2) is 18.8 Å². The summed E-state index contributed by atoms with van der Waals surface area (Å²) in [5.74, 6) is -0.507. The van der Waals surface area contributed by atoms with Gasteiger partial charge in [-0.3, -0.25) is 0 Å². The molecular formula is C10H14FNO2. The van der Waals surface area contributed by atoms with E-state index in [1.165, 1.54) is 19.2 Å². The van der Waals surface area contributed by atoms with Crippen LogP contribution < -0.4 is 10.5 Å². The molecule has 0 aromatic heterocycles. The molecule has 0 aliphatic carbocycles. The molecule has 1 atom stereocenters. The molecule has 0 heterocycles. The Morgan fingerprint density at radius 1 is 1.57 bits per heavy atom. The second-order valence-corrected chi connectivity index (χ2v) is 3.18. The van der Waals surface area contributed by atoms with Crippen LogP contribution in [0.15, 0.2) is 12.1 Å². The van der Waals surface area contributed by atoms with Crippen LogP contribution >= 0.6 is 0 Å². The van der Waals surface area contributed by atoms with Gasteiger partial charge in [-0.2, -0.15) is 0 Å². The first-order chi connectivity index (χ1) is 6.60. The van der Waals surface area contributed by atoms with Crippen LogP contribution in [0.25, 0.3) is 0 Å². The predicted octanol–water partition coefficient (Wildman–Crippen LogP) is 1.60. The normalized spacial score (nSPS) is 12.6. The number of benzene rings is 1. The number of rotatable bonds is 3. The summed E-state index contributed by atoms with van der Waals surface area (Å²) in [5.41, 5.74) is 5.93. The minimum Gasteiger partial charge on any atom is -0.508 e. The van der Waals surface area contributed by atoms with Crippen molar-refractivity contribution in [1.29, 1.82) is 0 Å². The van der Waals surface area contributed by atoms with Gasteiger partial charge in [0.25, 0.3) is 0 Å². The molecule has 0 saturated carbocycles. The van der Waals surface area contributed by atoms with Gasteiger partial charge >= 0.3 is 0 Å². The number of methoxy groups -OCH3 is 1. The van der Waals surface area contributed by atoms with E-state index >= 15 is 0 Å². The fraction of sp³-hybridized carbons (Fsp3) is 0.400. The van der Waals surface area contributed by atoms with Gasteiger partial charge in [0.1, 0.15) is 5.75 Å². The Morgan fingerprint density at radius 3 is 2.71 bits per heavy atom. The molecule has 78 valence electrons. The molecule has 1 rings (SSSR count). The van der Waals surface area contributed by atoms with Gasteiger partial charge in [-0.15, -0.1) is 0 Å². The van der Waals surface area contributed by atoms with E-state index in [0.717, 1.165) is 0 Å². The van der Waals surface area contributed by atoms with Gasteiger partial charge in [-0.25, -0.2) is 4.39 Å². The Bertz CT molecular complexity index is 328. The molecule has 0 saturated heterocycles. The van der Waals surface area contributed by atoms with Gasteiger partial charge < -0.3 is 15.6 Å². The lowest BCUT2D eigenvalue weighted by atomic mass is 10.00. The highest BCUT2D eigenvalue weighted by atomic mass is 19.1. The van der Waals surface area contributed by atoms with E-state index < -0.39 is 5.82 Å². The third kappa shape index (κ3) is 1.96. The molecule has 0 amide bonds. The molecule has 3 N–H and O–H groups in total. The van der Waals surface area contributed by atoms with Crippen LogP contribution in [0.5, 0.6) is 11.5 Å². The van der Waals surface area contributed by atoms with E-state index in [-0.39, 0.29) is 17.4 Å². The molecule has 1 unspecified atom stereocenters. The molecule has 0 aliphatic heterocycles. The quantitative estimate of drug-likeness (QED) is 0.777. The maximum absolute atomic E-state index is 13.3. The van der Waals surface area contributed by atoms with Crippen molar-refractivity contribution < 1.29 is 14.2 Å². The standard InChI is InChI=1S/C10H14FNO2/c1-6(5-12)7-3-8(11)10(14-2)4-9(7)13/h3-4,6,13H,5,12H2,1-2H3. The highest BCUT2D eigenvalue weighted by Gasteiger charge is 2.13.